The van der Waals surface area contributed by atoms with Crippen LogP contribution in [0, 0.1) is 12.8 Å². The molecule has 1 aromatic rings. The average Bonchev–Trinajstić information content (AvgIpc) is 2.85. The maximum Gasteiger partial charge on any atom is 0.0797 e. The molecule has 0 bridgehead atoms. The van der Waals surface area contributed by atoms with Crippen LogP contribution in [0.1, 0.15) is 17.0 Å². The van der Waals surface area contributed by atoms with E-state index >= 15 is 0 Å². The van der Waals surface area contributed by atoms with Crippen molar-refractivity contribution >= 4 is 11.3 Å². The standard InChI is InChI=1S/C11H18N2OS/c1-9-11(15-8-13-9)3-5-14-7-10-2-4-12-6-10/h8,10,12H,2-7H2,1H3. The first kappa shape index (κ1) is 11.0. The number of rotatable bonds is 5. The minimum absolute atomic E-state index is 0.729. The van der Waals surface area contributed by atoms with Crippen molar-refractivity contribution in [3.63, 3.8) is 0 Å². The van der Waals surface area contributed by atoms with Gasteiger partial charge in [-0.2, -0.15) is 0 Å². The number of thiazole rings is 1. The third kappa shape index (κ3) is 3.26. The summed E-state index contributed by atoms with van der Waals surface area (Å²) < 4.78 is 5.68. The van der Waals surface area contributed by atoms with E-state index in [1.54, 1.807) is 11.3 Å². The molecule has 0 aromatic carbocycles. The normalized spacial score (nSPS) is 21.0. The number of nitrogens with one attached hydrogen (secondary N) is 1. The second kappa shape index (κ2) is 5.58. The van der Waals surface area contributed by atoms with Crippen LogP contribution in [0.4, 0.5) is 0 Å². The van der Waals surface area contributed by atoms with Crippen LogP contribution in [0.15, 0.2) is 5.51 Å². The van der Waals surface area contributed by atoms with Gasteiger partial charge in [0.05, 0.1) is 24.4 Å². The summed E-state index contributed by atoms with van der Waals surface area (Å²) in [6, 6.07) is 0. The maximum atomic E-state index is 5.68. The summed E-state index contributed by atoms with van der Waals surface area (Å²) in [5, 5.41) is 3.35. The first-order valence-electron chi connectivity index (χ1n) is 5.53. The maximum absolute atomic E-state index is 5.68. The Labute approximate surface area is 94.9 Å². The highest BCUT2D eigenvalue weighted by molar-refractivity contribution is 7.09. The molecule has 4 heteroatoms. The summed E-state index contributed by atoms with van der Waals surface area (Å²) >= 11 is 1.73. The summed E-state index contributed by atoms with van der Waals surface area (Å²) in [4.78, 5) is 5.59. The fraction of sp³-hybridized carbons (Fsp3) is 0.727. The number of aromatic nitrogens is 1. The van der Waals surface area contributed by atoms with Gasteiger partial charge in [0.25, 0.3) is 0 Å². The molecule has 15 heavy (non-hydrogen) atoms. The zero-order valence-electron chi connectivity index (χ0n) is 9.16. The molecule has 1 aliphatic rings. The van der Waals surface area contributed by atoms with Crippen LogP contribution >= 0.6 is 11.3 Å². The third-order valence-electron chi connectivity index (χ3n) is 2.83. The Balaban J connectivity index is 1.60. The number of ether oxygens (including phenoxy) is 1. The van der Waals surface area contributed by atoms with Gasteiger partial charge in [0, 0.05) is 17.8 Å². The summed E-state index contributed by atoms with van der Waals surface area (Å²) in [5.41, 5.74) is 3.07. The lowest BCUT2D eigenvalue weighted by molar-refractivity contribution is 0.108. The van der Waals surface area contributed by atoms with Crippen molar-refractivity contribution in [1.29, 1.82) is 0 Å². The number of hydrogen-bond donors (Lipinski definition) is 1. The molecule has 0 aliphatic carbocycles. The van der Waals surface area contributed by atoms with Crippen molar-refractivity contribution in [3.8, 4) is 0 Å². The van der Waals surface area contributed by atoms with Gasteiger partial charge < -0.3 is 10.1 Å². The molecule has 0 amide bonds. The molecule has 1 aromatic heterocycles. The van der Waals surface area contributed by atoms with Crippen molar-refractivity contribution in [2.45, 2.75) is 19.8 Å². The first-order chi connectivity index (χ1) is 7.36. The van der Waals surface area contributed by atoms with Gasteiger partial charge >= 0.3 is 0 Å². The highest BCUT2D eigenvalue weighted by atomic mass is 32.1. The second-order valence-electron chi connectivity index (χ2n) is 4.04. The largest absolute Gasteiger partial charge is 0.381 e. The fourth-order valence-electron chi connectivity index (χ4n) is 1.84. The summed E-state index contributed by atoms with van der Waals surface area (Å²) in [6.07, 6.45) is 2.27. The molecule has 1 atom stereocenters. The smallest absolute Gasteiger partial charge is 0.0797 e. The van der Waals surface area contributed by atoms with Gasteiger partial charge in [-0.25, -0.2) is 4.98 Å². The Morgan fingerprint density at radius 2 is 2.60 bits per heavy atom. The minimum atomic E-state index is 0.729. The van der Waals surface area contributed by atoms with Crippen LogP contribution < -0.4 is 5.32 Å². The van der Waals surface area contributed by atoms with Crippen molar-refractivity contribution in [2.75, 3.05) is 26.3 Å². The Hall–Kier alpha value is -0.450. The fourth-order valence-corrected chi connectivity index (χ4v) is 2.60. The predicted molar refractivity (Wildman–Crippen MR) is 62.4 cm³/mol. The van der Waals surface area contributed by atoms with Crippen molar-refractivity contribution in [1.82, 2.24) is 10.3 Å². The summed E-state index contributed by atoms with van der Waals surface area (Å²) in [6.45, 7) is 6.08. The van der Waals surface area contributed by atoms with Gasteiger partial charge in [-0.15, -0.1) is 11.3 Å². The van der Waals surface area contributed by atoms with E-state index in [4.69, 9.17) is 4.74 Å². The monoisotopic (exact) mass is 226 g/mol. The Kier molecular flexibility index (Phi) is 4.11. The Morgan fingerprint density at radius 1 is 1.67 bits per heavy atom. The van der Waals surface area contributed by atoms with Crippen LogP contribution in [0.25, 0.3) is 0 Å². The van der Waals surface area contributed by atoms with Crippen LogP contribution in [0.2, 0.25) is 0 Å². The molecule has 2 rings (SSSR count). The SMILES string of the molecule is Cc1ncsc1CCOCC1CCNC1. The van der Waals surface area contributed by atoms with Crippen molar-refractivity contribution in [2.24, 2.45) is 5.92 Å². The van der Waals surface area contributed by atoms with E-state index in [0.29, 0.717) is 0 Å². The van der Waals surface area contributed by atoms with Gasteiger partial charge in [0.1, 0.15) is 0 Å². The molecule has 1 unspecified atom stereocenters. The molecule has 2 heterocycles. The van der Waals surface area contributed by atoms with E-state index in [9.17, 15) is 0 Å². The molecule has 3 nitrogen and oxygen atoms in total. The second-order valence-corrected chi connectivity index (χ2v) is 4.98. The van der Waals surface area contributed by atoms with E-state index in [2.05, 4.69) is 17.2 Å². The molecule has 84 valence electrons. The van der Waals surface area contributed by atoms with Gasteiger partial charge in [0.2, 0.25) is 0 Å². The zero-order chi connectivity index (χ0) is 10.5. The third-order valence-corrected chi connectivity index (χ3v) is 3.83. The molecule has 0 spiro atoms. The quantitative estimate of drug-likeness (QED) is 0.775. The molecule has 1 N–H and O–H groups in total. The summed E-state index contributed by atoms with van der Waals surface area (Å²) in [7, 11) is 0. The molecule has 0 radical (unpaired) electrons. The lowest BCUT2D eigenvalue weighted by atomic mass is 10.1. The highest BCUT2D eigenvalue weighted by Crippen LogP contribution is 2.13. The topological polar surface area (TPSA) is 34.1 Å². The van der Waals surface area contributed by atoms with Gasteiger partial charge in [-0.05, 0) is 25.8 Å². The van der Waals surface area contributed by atoms with Gasteiger partial charge in [-0.3, -0.25) is 0 Å². The van der Waals surface area contributed by atoms with Crippen LogP contribution in [-0.4, -0.2) is 31.3 Å². The molecular weight excluding hydrogens is 208 g/mol. The predicted octanol–water partition coefficient (Wildman–Crippen LogP) is 1.62. The molecule has 1 fully saturated rings. The van der Waals surface area contributed by atoms with E-state index in [1.165, 1.54) is 11.3 Å². The van der Waals surface area contributed by atoms with E-state index < -0.39 is 0 Å². The van der Waals surface area contributed by atoms with Gasteiger partial charge in [-0.1, -0.05) is 0 Å². The van der Waals surface area contributed by atoms with Crippen LogP contribution in [-0.2, 0) is 11.2 Å². The zero-order valence-corrected chi connectivity index (χ0v) is 9.98. The number of nitrogens with zero attached hydrogens (tertiary/aromatic N) is 1. The van der Waals surface area contributed by atoms with Crippen molar-refractivity contribution in [3.05, 3.63) is 16.1 Å². The Bertz CT molecular complexity index is 295. The number of aryl methyl sites for hydroxylation is 1. The minimum Gasteiger partial charge on any atom is -0.381 e. The van der Waals surface area contributed by atoms with Crippen LogP contribution in [0.3, 0.4) is 0 Å². The van der Waals surface area contributed by atoms with Crippen LogP contribution in [0.5, 0.6) is 0 Å². The number of hydrogen-bond acceptors (Lipinski definition) is 4. The van der Waals surface area contributed by atoms with Gasteiger partial charge in [0.15, 0.2) is 0 Å². The van der Waals surface area contributed by atoms with E-state index in [-0.39, 0.29) is 0 Å². The average molecular weight is 226 g/mol. The lowest BCUT2D eigenvalue weighted by Crippen LogP contribution is -2.14. The Morgan fingerprint density at radius 3 is 3.27 bits per heavy atom. The van der Waals surface area contributed by atoms with E-state index in [1.807, 2.05) is 5.51 Å². The lowest BCUT2D eigenvalue weighted by Gasteiger charge is -2.08. The molecular formula is C11H18N2OS. The summed E-state index contributed by atoms with van der Waals surface area (Å²) in [5.74, 6) is 0.729. The van der Waals surface area contributed by atoms with E-state index in [0.717, 1.165) is 44.3 Å². The highest BCUT2D eigenvalue weighted by Gasteiger charge is 2.14. The molecule has 0 saturated carbocycles. The van der Waals surface area contributed by atoms with Crippen molar-refractivity contribution < 1.29 is 4.74 Å². The first-order valence-corrected chi connectivity index (χ1v) is 6.41. The molecule has 1 aliphatic heterocycles. The molecule has 1 saturated heterocycles.